The standard InChI is InChI=1S/C15H12FN3O/c1-10-8-19-9-13(6-7-14(19)17-10)18-15(20)11-2-4-12(16)5-3-11/h2-9H,1H3,(H,18,20). The summed E-state index contributed by atoms with van der Waals surface area (Å²) in [5, 5.41) is 2.77. The van der Waals surface area contributed by atoms with Gasteiger partial charge in [0.2, 0.25) is 0 Å². The second kappa shape index (κ2) is 4.77. The molecule has 0 aliphatic rings. The van der Waals surface area contributed by atoms with Crippen LogP contribution in [0.2, 0.25) is 0 Å². The molecule has 4 nitrogen and oxygen atoms in total. The predicted molar refractivity (Wildman–Crippen MR) is 74.3 cm³/mol. The number of halogens is 1. The van der Waals surface area contributed by atoms with Crippen LogP contribution in [-0.4, -0.2) is 15.3 Å². The van der Waals surface area contributed by atoms with Crippen molar-refractivity contribution in [1.29, 1.82) is 0 Å². The fourth-order valence-corrected chi connectivity index (χ4v) is 2.00. The zero-order valence-electron chi connectivity index (χ0n) is 10.8. The molecule has 2 aromatic heterocycles. The van der Waals surface area contributed by atoms with Crippen LogP contribution >= 0.6 is 0 Å². The Morgan fingerprint density at radius 3 is 2.65 bits per heavy atom. The van der Waals surface area contributed by atoms with Crippen LogP contribution in [0.25, 0.3) is 5.65 Å². The van der Waals surface area contributed by atoms with Crippen molar-refractivity contribution in [3.05, 3.63) is 65.9 Å². The average molecular weight is 269 g/mol. The highest BCUT2D eigenvalue weighted by Gasteiger charge is 2.07. The molecule has 5 heteroatoms. The summed E-state index contributed by atoms with van der Waals surface area (Å²) < 4.78 is 14.7. The highest BCUT2D eigenvalue weighted by Crippen LogP contribution is 2.13. The second-order valence-corrected chi connectivity index (χ2v) is 4.53. The van der Waals surface area contributed by atoms with Gasteiger partial charge in [-0.1, -0.05) is 0 Å². The molecule has 0 spiro atoms. The Morgan fingerprint density at radius 2 is 1.90 bits per heavy atom. The molecule has 1 aromatic carbocycles. The zero-order chi connectivity index (χ0) is 14.1. The normalized spacial score (nSPS) is 10.7. The Balaban J connectivity index is 1.84. The maximum Gasteiger partial charge on any atom is 0.255 e. The molecule has 0 bridgehead atoms. The number of fused-ring (bicyclic) bond motifs is 1. The monoisotopic (exact) mass is 269 g/mol. The van der Waals surface area contributed by atoms with Crippen molar-refractivity contribution in [2.24, 2.45) is 0 Å². The molecular weight excluding hydrogens is 257 g/mol. The lowest BCUT2D eigenvalue weighted by Crippen LogP contribution is -2.12. The van der Waals surface area contributed by atoms with Gasteiger partial charge in [-0.25, -0.2) is 9.37 Å². The number of hydrogen-bond acceptors (Lipinski definition) is 2. The van der Waals surface area contributed by atoms with E-state index in [0.717, 1.165) is 11.3 Å². The molecule has 1 N–H and O–H groups in total. The summed E-state index contributed by atoms with van der Waals surface area (Å²) in [7, 11) is 0. The number of anilines is 1. The van der Waals surface area contributed by atoms with E-state index in [0.29, 0.717) is 11.3 Å². The molecule has 0 fully saturated rings. The van der Waals surface area contributed by atoms with Gasteiger partial charge >= 0.3 is 0 Å². The van der Waals surface area contributed by atoms with Gasteiger partial charge in [0.25, 0.3) is 5.91 Å². The Hall–Kier alpha value is -2.69. The van der Waals surface area contributed by atoms with Gasteiger partial charge in [0, 0.05) is 18.0 Å². The lowest BCUT2D eigenvalue weighted by atomic mass is 10.2. The number of pyridine rings is 1. The summed E-state index contributed by atoms with van der Waals surface area (Å²) in [5.74, 6) is -0.641. The summed E-state index contributed by atoms with van der Waals surface area (Å²) >= 11 is 0. The third kappa shape index (κ3) is 2.38. The summed E-state index contributed by atoms with van der Waals surface area (Å²) in [6, 6.07) is 9.03. The topological polar surface area (TPSA) is 46.4 Å². The number of carbonyl (C=O) groups is 1. The molecule has 20 heavy (non-hydrogen) atoms. The maximum atomic E-state index is 12.8. The molecule has 0 saturated carbocycles. The number of hydrogen-bond donors (Lipinski definition) is 1. The summed E-state index contributed by atoms with van der Waals surface area (Å²) in [5.41, 5.74) is 2.80. The van der Waals surface area contributed by atoms with Gasteiger partial charge in [-0.2, -0.15) is 0 Å². The van der Waals surface area contributed by atoms with Crippen molar-refractivity contribution in [3.63, 3.8) is 0 Å². The van der Waals surface area contributed by atoms with E-state index in [4.69, 9.17) is 0 Å². The van der Waals surface area contributed by atoms with Crippen molar-refractivity contribution >= 4 is 17.2 Å². The van der Waals surface area contributed by atoms with Crippen molar-refractivity contribution < 1.29 is 9.18 Å². The Bertz CT molecular complexity index is 777. The lowest BCUT2D eigenvalue weighted by molar-refractivity contribution is 0.102. The SMILES string of the molecule is Cc1cn2cc(NC(=O)c3ccc(F)cc3)ccc2n1. The highest BCUT2D eigenvalue weighted by atomic mass is 19.1. The first-order valence-electron chi connectivity index (χ1n) is 6.14. The largest absolute Gasteiger partial charge is 0.321 e. The minimum Gasteiger partial charge on any atom is -0.321 e. The number of rotatable bonds is 2. The van der Waals surface area contributed by atoms with Crippen LogP contribution in [0.4, 0.5) is 10.1 Å². The van der Waals surface area contributed by atoms with Gasteiger partial charge < -0.3 is 9.72 Å². The fourth-order valence-electron chi connectivity index (χ4n) is 2.00. The van der Waals surface area contributed by atoms with E-state index in [2.05, 4.69) is 10.3 Å². The van der Waals surface area contributed by atoms with Crippen molar-refractivity contribution in [1.82, 2.24) is 9.38 Å². The van der Waals surface area contributed by atoms with Gasteiger partial charge in [-0.3, -0.25) is 4.79 Å². The van der Waals surface area contributed by atoms with E-state index < -0.39 is 0 Å². The van der Waals surface area contributed by atoms with Crippen LogP contribution in [0.1, 0.15) is 16.1 Å². The third-order valence-corrected chi connectivity index (χ3v) is 2.94. The Morgan fingerprint density at radius 1 is 1.15 bits per heavy atom. The number of amides is 1. The predicted octanol–water partition coefficient (Wildman–Crippen LogP) is 3.03. The molecule has 0 aliphatic carbocycles. The lowest BCUT2D eigenvalue weighted by Gasteiger charge is -2.05. The number of nitrogens with one attached hydrogen (secondary N) is 1. The Labute approximate surface area is 114 Å². The van der Waals surface area contributed by atoms with Crippen LogP contribution in [0.15, 0.2) is 48.8 Å². The summed E-state index contributed by atoms with van der Waals surface area (Å²) in [6.45, 7) is 1.91. The number of benzene rings is 1. The van der Waals surface area contributed by atoms with E-state index >= 15 is 0 Å². The van der Waals surface area contributed by atoms with Crippen LogP contribution < -0.4 is 5.32 Å². The van der Waals surface area contributed by atoms with Gasteiger partial charge in [-0.15, -0.1) is 0 Å². The van der Waals surface area contributed by atoms with Crippen LogP contribution in [-0.2, 0) is 0 Å². The first-order valence-corrected chi connectivity index (χ1v) is 6.14. The third-order valence-electron chi connectivity index (χ3n) is 2.94. The maximum absolute atomic E-state index is 12.8. The van der Waals surface area contributed by atoms with Gasteiger partial charge in [0.15, 0.2) is 0 Å². The zero-order valence-corrected chi connectivity index (χ0v) is 10.8. The van der Waals surface area contributed by atoms with Crippen molar-refractivity contribution in [3.8, 4) is 0 Å². The van der Waals surface area contributed by atoms with Crippen molar-refractivity contribution in [2.45, 2.75) is 6.92 Å². The van der Waals surface area contributed by atoms with E-state index in [9.17, 15) is 9.18 Å². The molecule has 2 heterocycles. The molecule has 0 atom stereocenters. The molecule has 3 rings (SSSR count). The van der Waals surface area contributed by atoms with E-state index in [1.165, 1.54) is 24.3 Å². The summed E-state index contributed by atoms with van der Waals surface area (Å²) in [6.07, 6.45) is 3.67. The molecule has 0 radical (unpaired) electrons. The van der Waals surface area contributed by atoms with Gasteiger partial charge in [-0.05, 0) is 43.3 Å². The van der Waals surface area contributed by atoms with E-state index in [-0.39, 0.29) is 11.7 Å². The van der Waals surface area contributed by atoms with Crippen LogP contribution in [0.5, 0.6) is 0 Å². The number of imidazole rings is 1. The molecule has 0 aliphatic heterocycles. The van der Waals surface area contributed by atoms with E-state index in [1.54, 1.807) is 12.3 Å². The first-order chi connectivity index (χ1) is 9.61. The molecule has 3 aromatic rings. The highest BCUT2D eigenvalue weighted by molar-refractivity contribution is 6.04. The number of carbonyl (C=O) groups excluding carboxylic acids is 1. The van der Waals surface area contributed by atoms with Gasteiger partial charge in [0.1, 0.15) is 11.5 Å². The molecule has 100 valence electrons. The summed E-state index contributed by atoms with van der Waals surface area (Å²) in [4.78, 5) is 16.3. The molecule has 1 amide bonds. The first kappa shape index (κ1) is 12.3. The van der Waals surface area contributed by atoms with Gasteiger partial charge in [0.05, 0.1) is 11.4 Å². The molecular formula is C15H12FN3O. The Kier molecular flexibility index (Phi) is 2.95. The number of nitrogens with zero attached hydrogens (tertiary/aromatic N) is 2. The molecule has 0 unspecified atom stereocenters. The number of aromatic nitrogens is 2. The average Bonchev–Trinajstić information content (AvgIpc) is 2.78. The van der Waals surface area contributed by atoms with E-state index in [1.807, 2.05) is 23.6 Å². The van der Waals surface area contributed by atoms with Crippen molar-refractivity contribution in [2.75, 3.05) is 5.32 Å². The molecule has 0 saturated heterocycles. The van der Waals surface area contributed by atoms with Crippen LogP contribution in [0, 0.1) is 12.7 Å². The number of aryl methyl sites for hydroxylation is 1. The quantitative estimate of drug-likeness (QED) is 0.777. The fraction of sp³-hybridized carbons (Fsp3) is 0.0667. The second-order valence-electron chi connectivity index (χ2n) is 4.53. The smallest absolute Gasteiger partial charge is 0.255 e. The minimum atomic E-state index is -0.364. The minimum absolute atomic E-state index is 0.277. The van der Waals surface area contributed by atoms with Crippen LogP contribution in [0.3, 0.4) is 0 Å².